The van der Waals surface area contributed by atoms with Crippen LogP contribution in [0.25, 0.3) is 22.0 Å². The largest absolute Gasteiger partial charge is 0.325 e. The van der Waals surface area contributed by atoms with E-state index in [-0.39, 0.29) is 46.4 Å². The lowest BCUT2D eigenvalue weighted by molar-refractivity contribution is -0.138. The van der Waals surface area contributed by atoms with E-state index in [1.54, 1.807) is 28.0 Å². The number of halogens is 1. The number of Topliss-reactive ketones (excluding diaryl/α,β-unsaturated/α-hetero) is 1. The molecule has 43 heavy (non-hydrogen) atoms. The van der Waals surface area contributed by atoms with Gasteiger partial charge in [-0.15, -0.1) is 0 Å². The van der Waals surface area contributed by atoms with Gasteiger partial charge in [0.05, 0.1) is 5.52 Å². The van der Waals surface area contributed by atoms with Gasteiger partial charge in [-0.3, -0.25) is 19.1 Å². The van der Waals surface area contributed by atoms with Crippen LogP contribution in [0.2, 0.25) is 5.15 Å². The molecule has 12 heteroatoms. The number of benzene rings is 1. The number of anilines is 1. The highest BCUT2D eigenvalue weighted by atomic mass is 35.5. The lowest BCUT2D eigenvalue weighted by Crippen LogP contribution is -2.47. The summed E-state index contributed by atoms with van der Waals surface area (Å²) in [6.45, 7) is 5.84. The fourth-order valence-corrected chi connectivity index (χ4v) is 6.24. The van der Waals surface area contributed by atoms with Gasteiger partial charge in [0.25, 0.3) is 0 Å². The van der Waals surface area contributed by atoms with Crippen molar-refractivity contribution in [2.24, 2.45) is 5.41 Å². The molecule has 0 bridgehead atoms. The zero-order chi connectivity index (χ0) is 30.6. The van der Waals surface area contributed by atoms with Gasteiger partial charge in [0.15, 0.2) is 5.78 Å². The second-order valence-corrected chi connectivity index (χ2v) is 12.5. The summed E-state index contributed by atoms with van der Waals surface area (Å²) in [5, 5.41) is 8.42. The first-order valence-electron chi connectivity index (χ1n) is 14.2. The van der Waals surface area contributed by atoms with Crippen molar-refractivity contribution in [3.05, 3.63) is 65.0 Å². The number of ketones is 1. The first-order chi connectivity index (χ1) is 20.4. The number of aromatic nitrogens is 5. The Morgan fingerprint density at radius 3 is 2.53 bits per heavy atom. The number of rotatable bonds is 8. The van der Waals surface area contributed by atoms with Crippen LogP contribution < -0.4 is 5.32 Å². The molecule has 1 saturated carbocycles. The van der Waals surface area contributed by atoms with E-state index >= 15 is 0 Å². The summed E-state index contributed by atoms with van der Waals surface area (Å²) in [6.07, 6.45) is 4.86. The molecular weight excluding hydrogens is 568 g/mol. The number of fused-ring (bicyclic) bond motifs is 2. The number of nitrogens with zero attached hydrogens (tertiary/aromatic N) is 7. The third kappa shape index (κ3) is 5.50. The Kier molecular flexibility index (Phi) is 7.26. The minimum atomic E-state index is -0.661. The van der Waals surface area contributed by atoms with Crippen LogP contribution in [-0.4, -0.2) is 78.3 Å². The van der Waals surface area contributed by atoms with E-state index in [0.717, 1.165) is 23.1 Å². The average Bonchev–Trinajstić information content (AvgIpc) is 3.32. The van der Waals surface area contributed by atoms with Gasteiger partial charge in [0.1, 0.15) is 35.1 Å². The Hall–Kier alpha value is -4.22. The minimum Gasteiger partial charge on any atom is -0.325 e. The number of amides is 2. The zero-order valence-electron chi connectivity index (χ0n) is 24.8. The number of piperidine rings is 1. The van der Waals surface area contributed by atoms with Crippen molar-refractivity contribution < 1.29 is 14.4 Å². The molecule has 6 rings (SSSR count). The maximum atomic E-state index is 13.9. The molecule has 3 atom stereocenters. The molecule has 2 amide bonds. The van der Waals surface area contributed by atoms with E-state index in [4.69, 9.17) is 11.6 Å². The highest BCUT2D eigenvalue weighted by Crippen LogP contribution is 2.59. The molecule has 1 unspecified atom stereocenters. The van der Waals surface area contributed by atoms with Crippen LogP contribution in [0.5, 0.6) is 0 Å². The quantitative estimate of drug-likeness (QED) is 0.236. The summed E-state index contributed by atoms with van der Waals surface area (Å²) in [7, 11) is 3.86. The molecule has 222 valence electrons. The Balaban J connectivity index is 1.27. The van der Waals surface area contributed by atoms with Gasteiger partial charge < -0.3 is 15.1 Å². The normalized spacial score (nSPS) is 20.9. The summed E-state index contributed by atoms with van der Waals surface area (Å²) in [5.74, 6) is 0.331. The average molecular weight is 601 g/mol. The van der Waals surface area contributed by atoms with E-state index in [9.17, 15) is 14.4 Å². The monoisotopic (exact) mass is 600 g/mol. The van der Waals surface area contributed by atoms with E-state index < -0.39 is 6.04 Å². The van der Waals surface area contributed by atoms with Crippen LogP contribution in [-0.2, 0) is 22.7 Å². The number of hydrogen-bond acceptors (Lipinski definition) is 8. The molecule has 0 spiro atoms. The molecule has 4 heterocycles. The molecule has 1 N–H and O–H groups in total. The Bertz CT molecular complexity index is 1770. The lowest BCUT2D eigenvalue weighted by Gasteiger charge is -2.27. The molecule has 1 aliphatic heterocycles. The third-order valence-electron chi connectivity index (χ3n) is 8.38. The number of nitrogens with one attached hydrogen (secondary N) is 1. The van der Waals surface area contributed by atoms with Gasteiger partial charge in [-0.25, -0.2) is 15.0 Å². The van der Waals surface area contributed by atoms with Crippen molar-refractivity contribution in [3.63, 3.8) is 0 Å². The number of aryl methyl sites for hydroxylation is 1. The van der Waals surface area contributed by atoms with E-state index in [2.05, 4.69) is 32.3 Å². The summed E-state index contributed by atoms with van der Waals surface area (Å²) in [6, 6.07) is 8.46. The summed E-state index contributed by atoms with van der Waals surface area (Å²) in [5.41, 5.74) is 3.30. The predicted octanol–water partition coefficient (Wildman–Crippen LogP) is 4.13. The first-order valence-corrected chi connectivity index (χ1v) is 14.5. The van der Waals surface area contributed by atoms with Crippen molar-refractivity contribution in [2.45, 2.75) is 58.8 Å². The van der Waals surface area contributed by atoms with E-state index in [0.29, 0.717) is 35.5 Å². The van der Waals surface area contributed by atoms with Crippen LogP contribution in [0.3, 0.4) is 0 Å². The summed E-state index contributed by atoms with van der Waals surface area (Å²) < 4.78 is 1.56. The van der Waals surface area contributed by atoms with Gasteiger partial charge in [-0.05, 0) is 63.0 Å². The molecule has 1 saturated heterocycles. The van der Waals surface area contributed by atoms with Gasteiger partial charge in [-0.2, -0.15) is 5.10 Å². The second kappa shape index (κ2) is 10.8. The lowest BCUT2D eigenvalue weighted by atomic mass is 10.0. The SMILES string of the molecule is CC(=O)c1nn(CC(=O)N2C3C[C@]3(C)C[C@H]2C(=O)Nc2nc(Cl)ccc2CN(C)C)c2ccc(-c3cnc(C)nc3)cc12. The molecule has 1 aromatic carbocycles. The fourth-order valence-electron chi connectivity index (χ4n) is 6.09. The topological polar surface area (TPSA) is 126 Å². The van der Waals surface area contributed by atoms with Crippen LogP contribution in [0.15, 0.2) is 42.7 Å². The zero-order valence-corrected chi connectivity index (χ0v) is 25.5. The smallest absolute Gasteiger partial charge is 0.248 e. The van der Waals surface area contributed by atoms with Crippen molar-refractivity contribution in [2.75, 3.05) is 19.4 Å². The number of pyridine rings is 1. The highest BCUT2D eigenvalue weighted by Gasteiger charge is 2.64. The molecule has 3 aromatic heterocycles. The standard InChI is InChI=1S/C31H33ClN8O3/c1-17(41)28-22-10-19(21-13-33-18(2)34-14-21)6-8-23(22)39(37-28)16-27(42)40-24(11-31(3)12-25(31)40)30(43)36-29-20(15-38(4)5)7-9-26(32)35-29/h6-10,13-14,24-25H,11-12,15-16H2,1-5H3,(H,35,36,43)/t24-,25?,31-/m0/s1. The summed E-state index contributed by atoms with van der Waals surface area (Å²) >= 11 is 6.16. The Morgan fingerprint density at radius 2 is 1.84 bits per heavy atom. The highest BCUT2D eigenvalue weighted by molar-refractivity contribution is 6.29. The molecule has 0 radical (unpaired) electrons. The molecule has 2 aliphatic rings. The maximum Gasteiger partial charge on any atom is 0.248 e. The van der Waals surface area contributed by atoms with Crippen LogP contribution in [0.4, 0.5) is 5.82 Å². The van der Waals surface area contributed by atoms with E-state index in [1.165, 1.54) is 6.92 Å². The number of likely N-dealkylation sites (tertiary alicyclic amines) is 1. The van der Waals surface area contributed by atoms with Crippen LogP contribution in [0.1, 0.15) is 48.6 Å². The second-order valence-electron chi connectivity index (χ2n) is 12.1. The van der Waals surface area contributed by atoms with Gasteiger partial charge in [0, 0.05) is 48.4 Å². The third-order valence-corrected chi connectivity index (χ3v) is 8.59. The van der Waals surface area contributed by atoms with Crippen molar-refractivity contribution in [1.29, 1.82) is 0 Å². The summed E-state index contributed by atoms with van der Waals surface area (Å²) in [4.78, 5) is 56.7. The molecule has 11 nitrogen and oxygen atoms in total. The minimum absolute atomic E-state index is 0.0356. The first kappa shape index (κ1) is 28.9. The van der Waals surface area contributed by atoms with Crippen molar-refractivity contribution in [3.8, 4) is 11.1 Å². The van der Waals surface area contributed by atoms with E-state index in [1.807, 2.05) is 50.2 Å². The molecule has 1 aliphatic carbocycles. The molecular formula is C31H33ClN8O3. The molecule has 2 fully saturated rings. The Labute approximate surface area is 254 Å². The number of carbonyl (C=O) groups is 3. The van der Waals surface area contributed by atoms with Gasteiger partial charge in [-0.1, -0.05) is 30.7 Å². The van der Waals surface area contributed by atoms with Crippen molar-refractivity contribution >= 4 is 45.9 Å². The number of hydrogen-bond donors (Lipinski definition) is 1. The predicted molar refractivity (Wildman–Crippen MR) is 163 cm³/mol. The Morgan fingerprint density at radius 1 is 1.09 bits per heavy atom. The van der Waals surface area contributed by atoms with Crippen LogP contribution in [0, 0.1) is 12.3 Å². The van der Waals surface area contributed by atoms with Crippen LogP contribution >= 0.6 is 11.6 Å². The fraction of sp³-hybridized carbons (Fsp3) is 0.387. The number of carbonyl (C=O) groups excluding carboxylic acids is 3. The van der Waals surface area contributed by atoms with Gasteiger partial charge >= 0.3 is 0 Å². The van der Waals surface area contributed by atoms with Gasteiger partial charge in [0.2, 0.25) is 11.8 Å². The molecule has 4 aromatic rings. The van der Waals surface area contributed by atoms with Crippen molar-refractivity contribution in [1.82, 2.24) is 34.5 Å². The maximum absolute atomic E-state index is 13.9.